The van der Waals surface area contributed by atoms with Crippen molar-refractivity contribution in [3.05, 3.63) is 34.4 Å². The van der Waals surface area contributed by atoms with E-state index in [9.17, 15) is 4.79 Å². The molecule has 1 aromatic carbocycles. The van der Waals surface area contributed by atoms with Gasteiger partial charge in [0.2, 0.25) is 5.91 Å². The molecule has 0 saturated carbocycles. The summed E-state index contributed by atoms with van der Waals surface area (Å²) < 4.78 is 1.48. The smallest absolute Gasteiger partial charge is 0.242 e. The summed E-state index contributed by atoms with van der Waals surface area (Å²) in [6, 6.07) is 4.75. The number of hydrogen-bond donors (Lipinski definition) is 1. The van der Waals surface area contributed by atoms with Gasteiger partial charge in [-0.05, 0) is 18.4 Å². The van der Waals surface area contributed by atoms with Gasteiger partial charge in [-0.25, -0.2) is 4.68 Å². The number of hydrogen-bond acceptors (Lipinski definition) is 3. The number of aromatic nitrogens is 3. The highest BCUT2D eigenvalue weighted by atomic mass is 35.5. The Hall–Kier alpha value is -1.59. The third-order valence-corrected chi connectivity index (χ3v) is 3.90. The first-order chi connectivity index (χ1) is 9.90. The maximum atomic E-state index is 11.6. The van der Waals surface area contributed by atoms with E-state index in [2.05, 4.69) is 10.3 Å². The molecule has 2 rings (SSSR count). The fourth-order valence-corrected chi connectivity index (χ4v) is 2.45. The molecule has 0 saturated heterocycles. The number of primary amides is 1. The van der Waals surface area contributed by atoms with E-state index in [4.69, 9.17) is 28.9 Å². The van der Waals surface area contributed by atoms with E-state index < -0.39 is 11.9 Å². The SMILES string of the molecule is CC(C)C[C@@H](C(N)=O)n1cc(-c2cccc(Cl)c2Cl)nn1. The summed E-state index contributed by atoms with van der Waals surface area (Å²) in [6.07, 6.45) is 2.26. The van der Waals surface area contributed by atoms with Crippen LogP contribution in [-0.4, -0.2) is 20.9 Å². The molecule has 0 radical (unpaired) electrons. The fourth-order valence-electron chi connectivity index (χ4n) is 2.06. The van der Waals surface area contributed by atoms with Crippen LogP contribution in [0.1, 0.15) is 26.3 Å². The Balaban J connectivity index is 2.36. The summed E-state index contributed by atoms with van der Waals surface area (Å²) in [5.74, 6) is -0.123. The number of rotatable bonds is 5. The molecule has 0 bridgehead atoms. The lowest BCUT2D eigenvalue weighted by atomic mass is 10.0. The van der Waals surface area contributed by atoms with E-state index in [1.807, 2.05) is 13.8 Å². The van der Waals surface area contributed by atoms with Crippen LogP contribution in [0.3, 0.4) is 0 Å². The van der Waals surface area contributed by atoms with Gasteiger partial charge in [0, 0.05) is 5.56 Å². The Labute approximate surface area is 133 Å². The van der Waals surface area contributed by atoms with Crippen molar-refractivity contribution in [3.63, 3.8) is 0 Å². The zero-order valence-electron chi connectivity index (χ0n) is 11.8. The van der Waals surface area contributed by atoms with Crippen LogP contribution in [0.5, 0.6) is 0 Å². The molecule has 0 aliphatic carbocycles. The number of carbonyl (C=O) groups excluding carboxylic acids is 1. The van der Waals surface area contributed by atoms with Crippen molar-refractivity contribution in [2.24, 2.45) is 11.7 Å². The Morgan fingerprint density at radius 3 is 2.71 bits per heavy atom. The van der Waals surface area contributed by atoms with Crippen molar-refractivity contribution in [3.8, 4) is 11.3 Å². The van der Waals surface area contributed by atoms with Gasteiger partial charge < -0.3 is 5.73 Å². The number of halogens is 2. The van der Waals surface area contributed by atoms with Crippen molar-refractivity contribution in [1.29, 1.82) is 0 Å². The summed E-state index contributed by atoms with van der Waals surface area (Å²) in [5.41, 5.74) is 6.67. The predicted molar refractivity (Wildman–Crippen MR) is 83.2 cm³/mol. The molecule has 0 aliphatic rings. The van der Waals surface area contributed by atoms with Crippen LogP contribution in [0, 0.1) is 5.92 Å². The first-order valence-corrected chi connectivity index (χ1v) is 7.31. The van der Waals surface area contributed by atoms with Gasteiger partial charge in [0.1, 0.15) is 11.7 Å². The lowest BCUT2D eigenvalue weighted by molar-refractivity contribution is -0.121. The van der Waals surface area contributed by atoms with Crippen LogP contribution >= 0.6 is 23.2 Å². The van der Waals surface area contributed by atoms with Gasteiger partial charge in [-0.15, -0.1) is 5.10 Å². The maximum Gasteiger partial charge on any atom is 0.242 e. The molecule has 112 valence electrons. The lowest BCUT2D eigenvalue weighted by Crippen LogP contribution is -2.28. The molecule has 0 aliphatic heterocycles. The van der Waals surface area contributed by atoms with Crippen molar-refractivity contribution in [2.75, 3.05) is 0 Å². The van der Waals surface area contributed by atoms with Gasteiger partial charge in [0.15, 0.2) is 0 Å². The largest absolute Gasteiger partial charge is 0.368 e. The van der Waals surface area contributed by atoms with Crippen molar-refractivity contribution < 1.29 is 4.79 Å². The highest BCUT2D eigenvalue weighted by molar-refractivity contribution is 6.43. The monoisotopic (exact) mass is 326 g/mol. The van der Waals surface area contributed by atoms with Crippen LogP contribution in [0.2, 0.25) is 10.0 Å². The summed E-state index contributed by atoms with van der Waals surface area (Å²) in [4.78, 5) is 11.6. The number of carbonyl (C=O) groups is 1. The third kappa shape index (κ3) is 3.54. The molecule has 2 aromatic rings. The van der Waals surface area contributed by atoms with Crippen molar-refractivity contribution in [2.45, 2.75) is 26.3 Å². The zero-order valence-corrected chi connectivity index (χ0v) is 13.3. The van der Waals surface area contributed by atoms with E-state index in [0.29, 0.717) is 33.6 Å². The first-order valence-electron chi connectivity index (χ1n) is 6.55. The first kappa shape index (κ1) is 15.8. The molecule has 1 atom stereocenters. The van der Waals surface area contributed by atoms with E-state index in [1.54, 1.807) is 24.4 Å². The molecular formula is C14H16Cl2N4O. The quantitative estimate of drug-likeness (QED) is 0.915. The highest BCUT2D eigenvalue weighted by Crippen LogP contribution is 2.32. The lowest BCUT2D eigenvalue weighted by Gasteiger charge is -2.15. The number of amides is 1. The molecule has 7 heteroatoms. The molecular weight excluding hydrogens is 311 g/mol. The van der Waals surface area contributed by atoms with Gasteiger partial charge in [-0.1, -0.05) is 54.4 Å². The predicted octanol–water partition coefficient (Wildman–Crippen LogP) is 3.32. The minimum Gasteiger partial charge on any atom is -0.368 e. The standard InChI is InChI=1S/C14H16Cl2N4O/c1-8(2)6-12(14(17)21)20-7-11(18-19-20)9-4-3-5-10(15)13(9)16/h3-5,7-8,12H,6H2,1-2H3,(H2,17,21)/t12-/m0/s1. The summed E-state index contributed by atoms with van der Waals surface area (Å²) in [6.45, 7) is 4.03. The van der Waals surface area contributed by atoms with Crippen LogP contribution in [0.4, 0.5) is 0 Å². The van der Waals surface area contributed by atoms with Gasteiger partial charge in [-0.2, -0.15) is 0 Å². The molecule has 5 nitrogen and oxygen atoms in total. The highest BCUT2D eigenvalue weighted by Gasteiger charge is 2.21. The minimum absolute atomic E-state index is 0.310. The number of benzene rings is 1. The fraction of sp³-hybridized carbons (Fsp3) is 0.357. The summed E-state index contributed by atoms with van der Waals surface area (Å²) in [7, 11) is 0. The van der Waals surface area contributed by atoms with Crippen LogP contribution in [0.25, 0.3) is 11.3 Å². The number of nitrogens with two attached hydrogens (primary N) is 1. The molecule has 2 N–H and O–H groups in total. The van der Waals surface area contributed by atoms with Gasteiger partial charge in [0.25, 0.3) is 0 Å². The van der Waals surface area contributed by atoms with Crippen molar-refractivity contribution in [1.82, 2.24) is 15.0 Å². The normalized spacial score (nSPS) is 12.6. The molecule has 1 aromatic heterocycles. The van der Waals surface area contributed by atoms with Crippen LogP contribution < -0.4 is 5.73 Å². The molecule has 21 heavy (non-hydrogen) atoms. The average molecular weight is 327 g/mol. The second kappa shape index (κ2) is 6.45. The second-order valence-electron chi connectivity index (χ2n) is 5.23. The van der Waals surface area contributed by atoms with Crippen LogP contribution in [-0.2, 0) is 4.79 Å². The molecule has 0 unspecified atom stereocenters. The summed E-state index contributed by atoms with van der Waals surface area (Å²) >= 11 is 12.2. The second-order valence-corrected chi connectivity index (χ2v) is 6.02. The maximum absolute atomic E-state index is 11.6. The average Bonchev–Trinajstić information content (AvgIpc) is 2.88. The Morgan fingerprint density at radius 1 is 1.38 bits per heavy atom. The van der Waals surface area contributed by atoms with Gasteiger partial charge >= 0.3 is 0 Å². The Bertz CT molecular complexity index is 654. The molecule has 0 fully saturated rings. The van der Waals surface area contributed by atoms with Crippen molar-refractivity contribution >= 4 is 29.1 Å². The zero-order chi connectivity index (χ0) is 15.6. The number of nitrogens with zero attached hydrogens (tertiary/aromatic N) is 3. The minimum atomic E-state index is -0.524. The summed E-state index contributed by atoms with van der Waals surface area (Å²) in [5, 5.41) is 8.91. The third-order valence-electron chi connectivity index (χ3n) is 3.08. The van der Waals surface area contributed by atoms with E-state index in [0.717, 1.165) is 0 Å². The van der Waals surface area contributed by atoms with Gasteiger partial charge in [0.05, 0.1) is 16.2 Å². The Kier molecular flexibility index (Phi) is 4.85. The van der Waals surface area contributed by atoms with E-state index in [1.165, 1.54) is 4.68 Å². The molecule has 0 spiro atoms. The topological polar surface area (TPSA) is 73.8 Å². The van der Waals surface area contributed by atoms with E-state index in [-0.39, 0.29) is 0 Å². The van der Waals surface area contributed by atoms with E-state index >= 15 is 0 Å². The molecule has 1 amide bonds. The van der Waals surface area contributed by atoms with Crippen LogP contribution in [0.15, 0.2) is 24.4 Å². The Morgan fingerprint density at radius 2 is 2.10 bits per heavy atom. The van der Waals surface area contributed by atoms with Gasteiger partial charge in [-0.3, -0.25) is 4.79 Å². The molecule has 1 heterocycles.